The molecule has 4 rings (SSSR count). The van der Waals surface area contributed by atoms with Gasteiger partial charge in [-0.2, -0.15) is 0 Å². The van der Waals surface area contributed by atoms with E-state index < -0.39 is 0 Å². The molecule has 4 aromatic rings. The van der Waals surface area contributed by atoms with Gasteiger partial charge in [0, 0.05) is 6.20 Å². The molecule has 0 fully saturated rings. The molecule has 0 bridgehead atoms. The van der Waals surface area contributed by atoms with E-state index in [1.807, 2.05) is 31.2 Å². The SMILES string of the molecule is Cc1nc2ccc(Cl)cn2c1C(=O)n1cnc2ccccc21. The van der Waals surface area contributed by atoms with Gasteiger partial charge in [-0.3, -0.25) is 13.8 Å². The molecule has 0 unspecified atom stereocenters. The van der Waals surface area contributed by atoms with Gasteiger partial charge in [0.25, 0.3) is 5.91 Å². The second-order valence-electron chi connectivity index (χ2n) is 5.03. The highest BCUT2D eigenvalue weighted by atomic mass is 35.5. The second kappa shape index (κ2) is 4.68. The van der Waals surface area contributed by atoms with Crippen LogP contribution in [0, 0.1) is 6.92 Å². The van der Waals surface area contributed by atoms with Crippen molar-refractivity contribution in [1.29, 1.82) is 0 Å². The number of carbonyl (C=O) groups is 1. The summed E-state index contributed by atoms with van der Waals surface area (Å²) in [6.07, 6.45) is 3.24. The second-order valence-corrected chi connectivity index (χ2v) is 5.47. The van der Waals surface area contributed by atoms with Gasteiger partial charge in [0.15, 0.2) is 0 Å². The fraction of sp³-hybridized carbons (Fsp3) is 0.0625. The fourth-order valence-corrected chi connectivity index (χ4v) is 2.79. The van der Waals surface area contributed by atoms with Crippen LogP contribution in [0.15, 0.2) is 48.9 Å². The molecule has 108 valence electrons. The van der Waals surface area contributed by atoms with Crippen LogP contribution in [0.4, 0.5) is 0 Å². The lowest BCUT2D eigenvalue weighted by atomic mass is 10.3. The lowest BCUT2D eigenvalue weighted by Crippen LogP contribution is -2.14. The van der Waals surface area contributed by atoms with Crippen molar-refractivity contribution in [3.05, 3.63) is 65.3 Å². The normalized spacial score (nSPS) is 11.4. The number of benzene rings is 1. The smallest absolute Gasteiger partial charge is 0.282 e. The third-order valence-corrected chi connectivity index (χ3v) is 3.86. The highest BCUT2D eigenvalue weighted by molar-refractivity contribution is 6.30. The van der Waals surface area contributed by atoms with Crippen LogP contribution in [0.25, 0.3) is 16.7 Å². The Kier molecular flexibility index (Phi) is 2.77. The molecule has 0 amide bonds. The summed E-state index contributed by atoms with van der Waals surface area (Å²) in [6, 6.07) is 11.1. The topological polar surface area (TPSA) is 52.2 Å². The Morgan fingerprint density at radius 1 is 1.18 bits per heavy atom. The maximum Gasteiger partial charge on any atom is 0.282 e. The number of pyridine rings is 1. The summed E-state index contributed by atoms with van der Waals surface area (Å²) in [5.74, 6) is -0.180. The molecule has 0 saturated carbocycles. The molecule has 0 radical (unpaired) electrons. The van der Waals surface area contributed by atoms with Crippen LogP contribution < -0.4 is 0 Å². The third kappa shape index (κ3) is 1.83. The predicted octanol–water partition coefficient (Wildman–Crippen LogP) is 3.33. The standard InChI is InChI=1S/C16H11ClN4O/c1-10-15(20-8-11(17)6-7-14(20)19-10)16(22)21-9-18-12-4-2-3-5-13(12)21/h2-9H,1H3. The maximum absolute atomic E-state index is 12.9. The van der Waals surface area contributed by atoms with Crippen LogP contribution >= 0.6 is 11.6 Å². The number of fused-ring (bicyclic) bond motifs is 2. The first-order chi connectivity index (χ1) is 10.6. The summed E-state index contributed by atoms with van der Waals surface area (Å²) in [5, 5.41) is 0.550. The number of halogens is 1. The molecule has 0 saturated heterocycles. The zero-order chi connectivity index (χ0) is 15.3. The average Bonchev–Trinajstić information content (AvgIpc) is 3.07. The van der Waals surface area contributed by atoms with E-state index in [-0.39, 0.29) is 5.91 Å². The quantitative estimate of drug-likeness (QED) is 0.542. The Hall–Kier alpha value is -2.66. The van der Waals surface area contributed by atoms with E-state index in [1.165, 1.54) is 10.9 Å². The van der Waals surface area contributed by atoms with Gasteiger partial charge < -0.3 is 0 Å². The van der Waals surface area contributed by atoms with E-state index in [0.717, 1.165) is 11.0 Å². The number of hydrogen-bond acceptors (Lipinski definition) is 3. The van der Waals surface area contributed by atoms with Crippen molar-refractivity contribution in [1.82, 2.24) is 18.9 Å². The van der Waals surface area contributed by atoms with E-state index in [2.05, 4.69) is 9.97 Å². The first-order valence-electron chi connectivity index (χ1n) is 6.76. The van der Waals surface area contributed by atoms with Gasteiger partial charge in [0.05, 0.1) is 21.7 Å². The van der Waals surface area contributed by atoms with Gasteiger partial charge in [-0.05, 0) is 31.2 Å². The molecule has 22 heavy (non-hydrogen) atoms. The van der Waals surface area contributed by atoms with Crippen molar-refractivity contribution in [2.45, 2.75) is 6.92 Å². The summed E-state index contributed by atoms with van der Waals surface area (Å²) < 4.78 is 3.25. The van der Waals surface area contributed by atoms with E-state index in [0.29, 0.717) is 22.1 Å². The molecule has 0 aliphatic heterocycles. The molecule has 0 spiro atoms. The zero-order valence-electron chi connectivity index (χ0n) is 11.7. The summed E-state index contributed by atoms with van der Waals surface area (Å²) in [7, 11) is 0. The van der Waals surface area contributed by atoms with Crippen molar-refractivity contribution in [3.8, 4) is 0 Å². The summed E-state index contributed by atoms with van der Waals surface area (Å²) in [4.78, 5) is 21.6. The van der Waals surface area contributed by atoms with E-state index in [4.69, 9.17) is 11.6 Å². The van der Waals surface area contributed by atoms with Gasteiger partial charge in [-0.1, -0.05) is 23.7 Å². The zero-order valence-corrected chi connectivity index (χ0v) is 12.4. The molecule has 3 aromatic heterocycles. The molecule has 3 heterocycles. The number of rotatable bonds is 1. The summed E-state index contributed by atoms with van der Waals surface area (Å²) >= 11 is 6.05. The lowest BCUT2D eigenvalue weighted by molar-refractivity contribution is 0.0958. The highest BCUT2D eigenvalue weighted by Crippen LogP contribution is 2.19. The van der Waals surface area contributed by atoms with Crippen molar-refractivity contribution in [3.63, 3.8) is 0 Å². The minimum atomic E-state index is -0.180. The number of hydrogen-bond donors (Lipinski definition) is 0. The molecule has 1 aromatic carbocycles. The Bertz CT molecular complexity index is 1030. The van der Waals surface area contributed by atoms with Crippen molar-refractivity contribution < 1.29 is 4.79 Å². The minimum absolute atomic E-state index is 0.180. The van der Waals surface area contributed by atoms with E-state index >= 15 is 0 Å². The highest BCUT2D eigenvalue weighted by Gasteiger charge is 2.20. The third-order valence-electron chi connectivity index (χ3n) is 3.63. The number of nitrogens with zero attached hydrogens (tertiary/aromatic N) is 4. The molecular weight excluding hydrogens is 300 g/mol. The van der Waals surface area contributed by atoms with Crippen LogP contribution in [0.5, 0.6) is 0 Å². The Labute approximate surface area is 130 Å². The first kappa shape index (κ1) is 13.0. The lowest BCUT2D eigenvalue weighted by Gasteiger charge is -2.04. The van der Waals surface area contributed by atoms with E-state index in [9.17, 15) is 4.79 Å². The van der Waals surface area contributed by atoms with Gasteiger partial charge in [-0.15, -0.1) is 0 Å². The first-order valence-corrected chi connectivity index (χ1v) is 7.14. The van der Waals surface area contributed by atoms with Gasteiger partial charge in [0.2, 0.25) is 0 Å². The van der Waals surface area contributed by atoms with Crippen molar-refractivity contribution >= 4 is 34.2 Å². The molecule has 6 heteroatoms. The van der Waals surface area contributed by atoms with Crippen LogP contribution in [-0.2, 0) is 0 Å². The van der Waals surface area contributed by atoms with E-state index in [1.54, 1.807) is 22.7 Å². The molecule has 0 aliphatic carbocycles. The average molecular weight is 311 g/mol. The number of aryl methyl sites for hydroxylation is 1. The van der Waals surface area contributed by atoms with Crippen molar-refractivity contribution in [2.75, 3.05) is 0 Å². The van der Waals surface area contributed by atoms with Crippen LogP contribution in [-0.4, -0.2) is 24.8 Å². The van der Waals surface area contributed by atoms with Crippen LogP contribution in [0.2, 0.25) is 5.02 Å². The Morgan fingerprint density at radius 2 is 2.00 bits per heavy atom. The maximum atomic E-state index is 12.9. The van der Waals surface area contributed by atoms with Crippen LogP contribution in [0.3, 0.4) is 0 Å². The molecule has 5 nitrogen and oxygen atoms in total. The van der Waals surface area contributed by atoms with Crippen LogP contribution in [0.1, 0.15) is 16.2 Å². The number of carbonyl (C=O) groups excluding carboxylic acids is 1. The molecular formula is C16H11ClN4O. The Balaban J connectivity index is 1.97. The minimum Gasteiger partial charge on any atom is -0.294 e. The predicted molar refractivity (Wildman–Crippen MR) is 84.4 cm³/mol. The van der Waals surface area contributed by atoms with Gasteiger partial charge >= 0.3 is 0 Å². The fourth-order valence-electron chi connectivity index (χ4n) is 2.63. The number of imidazole rings is 2. The molecule has 0 N–H and O–H groups in total. The molecule has 0 aliphatic rings. The molecule has 0 atom stereocenters. The summed E-state index contributed by atoms with van der Waals surface area (Å²) in [6.45, 7) is 1.81. The number of aromatic nitrogens is 4. The largest absolute Gasteiger partial charge is 0.294 e. The summed E-state index contributed by atoms with van der Waals surface area (Å²) in [5.41, 5.74) is 3.38. The van der Waals surface area contributed by atoms with Crippen molar-refractivity contribution in [2.24, 2.45) is 0 Å². The monoisotopic (exact) mass is 310 g/mol. The number of para-hydroxylation sites is 2. The van der Waals surface area contributed by atoms with Gasteiger partial charge in [-0.25, -0.2) is 9.97 Å². The Morgan fingerprint density at radius 3 is 2.86 bits per heavy atom. The van der Waals surface area contributed by atoms with Gasteiger partial charge in [0.1, 0.15) is 17.7 Å².